The molecule has 1 aliphatic heterocycles. The number of hydrogen-bond acceptors (Lipinski definition) is 6. The largest absolute Gasteiger partial charge is 0.411 e. The van der Waals surface area contributed by atoms with Crippen molar-refractivity contribution in [1.29, 1.82) is 0 Å². The summed E-state index contributed by atoms with van der Waals surface area (Å²) in [4.78, 5) is 4.86. The average molecular weight is 200 g/mol. The smallest absolute Gasteiger partial charge is 0.211 e. The fourth-order valence-electron chi connectivity index (χ4n) is 1.03. The molecule has 0 aliphatic carbocycles. The Morgan fingerprint density at radius 1 is 1.62 bits per heavy atom. The molecular weight excluding hydrogens is 192 g/mol. The normalized spacial score (nSPS) is 18.8. The Morgan fingerprint density at radius 2 is 2.38 bits per heavy atom. The van der Waals surface area contributed by atoms with Gasteiger partial charge in [0.2, 0.25) is 6.29 Å². The van der Waals surface area contributed by atoms with E-state index in [-0.39, 0.29) is 6.29 Å². The van der Waals surface area contributed by atoms with Gasteiger partial charge in [-0.05, 0) is 0 Å². The van der Waals surface area contributed by atoms with E-state index in [0.717, 1.165) is 9.88 Å². The summed E-state index contributed by atoms with van der Waals surface area (Å²) in [6.45, 7) is 1.21. The highest BCUT2D eigenvalue weighted by molar-refractivity contribution is 7.13. The van der Waals surface area contributed by atoms with Crippen molar-refractivity contribution in [1.82, 2.24) is 4.98 Å². The Bertz CT molecular complexity index is 306. The van der Waals surface area contributed by atoms with E-state index in [4.69, 9.17) is 14.7 Å². The molecule has 70 valence electrons. The molecule has 0 radical (unpaired) electrons. The monoisotopic (exact) mass is 200 g/mol. The van der Waals surface area contributed by atoms with Gasteiger partial charge in [0, 0.05) is 6.20 Å². The van der Waals surface area contributed by atoms with Crippen molar-refractivity contribution in [3.8, 4) is 0 Å². The first-order valence-corrected chi connectivity index (χ1v) is 4.58. The molecular formula is C7H8N2O3S. The van der Waals surface area contributed by atoms with Gasteiger partial charge in [-0.2, -0.15) is 0 Å². The third-order valence-electron chi connectivity index (χ3n) is 1.55. The summed E-state index contributed by atoms with van der Waals surface area (Å²) >= 11 is 1.38. The first-order valence-electron chi connectivity index (χ1n) is 3.76. The van der Waals surface area contributed by atoms with Crippen LogP contribution in [0.15, 0.2) is 11.4 Å². The molecule has 0 atom stereocenters. The SMILES string of the molecule is O/N=C/c1cnc(C2OCCO2)s1. The van der Waals surface area contributed by atoms with E-state index in [1.807, 2.05) is 0 Å². The minimum absolute atomic E-state index is 0.342. The van der Waals surface area contributed by atoms with Crippen molar-refractivity contribution in [2.24, 2.45) is 5.16 Å². The summed E-state index contributed by atoms with van der Waals surface area (Å²) in [5, 5.41) is 11.9. The van der Waals surface area contributed by atoms with Gasteiger partial charge in [-0.3, -0.25) is 0 Å². The highest BCUT2D eigenvalue weighted by Gasteiger charge is 2.21. The second-order valence-corrected chi connectivity index (χ2v) is 3.51. The Morgan fingerprint density at radius 3 is 3.08 bits per heavy atom. The van der Waals surface area contributed by atoms with E-state index in [9.17, 15) is 0 Å². The van der Waals surface area contributed by atoms with Gasteiger partial charge < -0.3 is 14.7 Å². The van der Waals surface area contributed by atoms with Crippen LogP contribution in [0.5, 0.6) is 0 Å². The molecule has 0 unspecified atom stereocenters. The molecule has 1 N–H and O–H groups in total. The zero-order valence-corrected chi connectivity index (χ0v) is 7.53. The third-order valence-corrected chi connectivity index (χ3v) is 2.50. The van der Waals surface area contributed by atoms with Gasteiger partial charge in [0.05, 0.1) is 24.3 Å². The van der Waals surface area contributed by atoms with Crippen LogP contribution in [0.1, 0.15) is 16.2 Å². The molecule has 1 saturated heterocycles. The summed E-state index contributed by atoms with van der Waals surface area (Å²) in [6.07, 6.45) is 2.60. The molecule has 1 aromatic rings. The van der Waals surface area contributed by atoms with E-state index in [2.05, 4.69) is 10.1 Å². The van der Waals surface area contributed by atoms with Gasteiger partial charge >= 0.3 is 0 Å². The first kappa shape index (κ1) is 8.61. The van der Waals surface area contributed by atoms with Crippen LogP contribution in [0.2, 0.25) is 0 Å². The van der Waals surface area contributed by atoms with Crippen LogP contribution in [0, 0.1) is 0 Å². The summed E-state index contributed by atoms with van der Waals surface area (Å²) < 4.78 is 10.5. The molecule has 1 aliphatic rings. The lowest BCUT2D eigenvalue weighted by molar-refractivity contribution is -0.0442. The number of ether oxygens (including phenoxy) is 2. The van der Waals surface area contributed by atoms with Crippen LogP contribution in [0.3, 0.4) is 0 Å². The number of rotatable bonds is 2. The Kier molecular flexibility index (Phi) is 2.53. The molecule has 1 fully saturated rings. The molecule has 0 amide bonds. The molecule has 0 aromatic carbocycles. The van der Waals surface area contributed by atoms with E-state index in [1.165, 1.54) is 17.6 Å². The predicted octanol–water partition coefficient (Wildman–Crippen LogP) is 0.997. The lowest BCUT2D eigenvalue weighted by Gasteiger charge is -2.02. The van der Waals surface area contributed by atoms with Crippen molar-refractivity contribution < 1.29 is 14.7 Å². The van der Waals surface area contributed by atoms with Gasteiger partial charge in [0.25, 0.3) is 0 Å². The van der Waals surface area contributed by atoms with Crippen LogP contribution >= 0.6 is 11.3 Å². The highest BCUT2D eigenvalue weighted by atomic mass is 32.1. The van der Waals surface area contributed by atoms with Gasteiger partial charge in [0.15, 0.2) is 0 Å². The molecule has 2 rings (SSSR count). The molecule has 0 saturated carbocycles. The molecule has 6 heteroatoms. The number of oxime groups is 1. The van der Waals surface area contributed by atoms with E-state index in [1.54, 1.807) is 6.20 Å². The molecule has 2 heterocycles. The van der Waals surface area contributed by atoms with Gasteiger partial charge in [-0.1, -0.05) is 5.16 Å². The highest BCUT2D eigenvalue weighted by Crippen LogP contribution is 2.26. The van der Waals surface area contributed by atoms with E-state index >= 15 is 0 Å². The fourth-order valence-corrected chi connectivity index (χ4v) is 1.81. The summed E-state index contributed by atoms with van der Waals surface area (Å²) in [6, 6.07) is 0. The topological polar surface area (TPSA) is 63.9 Å². The Hall–Kier alpha value is -0.980. The quantitative estimate of drug-likeness (QED) is 0.439. The second kappa shape index (κ2) is 3.82. The summed E-state index contributed by atoms with van der Waals surface area (Å²) in [7, 11) is 0. The van der Waals surface area contributed by atoms with Crippen LogP contribution in [0.4, 0.5) is 0 Å². The maximum atomic E-state index is 8.28. The number of nitrogens with zero attached hydrogens (tertiary/aromatic N) is 2. The molecule has 13 heavy (non-hydrogen) atoms. The Balaban J connectivity index is 2.12. The summed E-state index contributed by atoms with van der Waals surface area (Å²) in [5.74, 6) is 0. The van der Waals surface area contributed by atoms with Gasteiger partial charge in [0.1, 0.15) is 5.01 Å². The van der Waals surface area contributed by atoms with Crippen molar-refractivity contribution in [3.05, 3.63) is 16.1 Å². The van der Waals surface area contributed by atoms with Crippen molar-refractivity contribution in [2.45, 2.75) is 6.29 Å². The summed E-state index contributed by atoms with van der Waals surface area (Å²) in [5.41, 5.74) is 0. The van der Waals surface area contributed by atoms with Crippen LogP contribution in [0.25, 0.3) is 0 Å². The fraction of sp³-hybridized carbons (Fsp3) is 0.429. The maximum Gasteiger partial charge on any atom is 0.211 e. The van der Waals surface area contributed by atoms with Gasteiger partial charge in [-0.15, -0.1) is 11.3 Å². The third kappa shape index (κ3) is 1.85. The lowest BCUT2D eigenvalue weighted by atomic mass is 10.6. The minimum Gasteiger partial charge on any atom is -0.411 e. The predicted molar refractivity (Wildman–Crippen MR) is 46.1 cm³/mol. The van der Waals surface area contributed by atoms with Crippen molar-refractivity contribution >= 4 is 17.6 Å². The average Bonchev–Trinajstić information content (AvgIpc) is 2.70. The van der Waals surface area contributed by atoms with Crippen LogP contribution < -0.4 is 0 Å². The molecule has 5 nitrogen and oxygen atoms in total. The first-order chi connectivity index (χ1) is 6.40. The van der Waals surface area contributed by atoms with Crippen LogP contribution in [-0.2, 0) is 9.47 Å². The van der Waals surface area contributed by atoms with Crippen molar-refractivity contribution in [3.63, 3.8) is 0 Å². The standard InChI is InChI=1S/C7H8N2O3S/c10-9-4-5-3-8-6(13-5)7-11-1-2-12-7/h3-4,7,10H,1-2H2/b9-4+. The minimum atomic E-state index is -0.342. The van der Waals surface area contributed by atoms with Gasteiger partial charge in [-0.25, -0.2) is 4.98 Å². The zero-order valence-electron chi connectivity index (χ0n) is 6.71. The Labute approximate surface area is 78.6 Å². The zero-order chi connectivity index (χ0) is 9.10. The van der Waals surface area contributed by atoms with E-state index < -0.39 is 0 Å². The molecule has 1 aromatic heterocycles. The number of thiazole rings is 1. The maximum absolute atomic E-state index is 8.28. The van der Waals surface area contributed by atoms with Crippen LogP contribution in [-0.4, -0.2) is 29.6 Å². The lowest BCUT2D eigenvalue weighted by Crippen LogP contribution is -1.95. The molecule has 0 bridgehead atoms. The van der Waals surface area contributed by atoms with E-state index in [0.29, 0.717) is 13.2 Å². The molecule has 0 spiro atoms. The second-order valence-electron chi connectivity index (χ2n) is 2.42. The number of aromatic nitrogens is 1. The van der Waals surface area contributed by atoms with Crippen molar-refractivity contribution in [2.75, 3.05) is 13.2 Å². The number of hydrogen-bond donors (Lipinski definition) is 1.